The van der Waals surface area contributed by atoms with Crippen LogP contribution in [-0.4, -0.2) is 16.5 Å². The summed E-state index contributed by atoms with van der Waals surface area (Å²) >= 11 is 0. The van der Waals surface area contributed by atoms with Gasteiger partial charge in [-0.05, 0) is 36.8 Å². The Balaban J connectivity index is 2.23. The summed E-state index contributed by atoms with van der Waals surface area (Å²) in [6.07, 6.45) is 8.59. The van der Waals surface area contributed by atoms with Gasteiger partial charge in [-0.15, -0.1) is 0 Å². The molecule has 0 N–H and O–H groups in total. The van der Waals surface area contributed by atoms with Crippen LogP contribution in [0, 0.1) is 0 Å². The SMILES string of the molecule is CCC/C=C/c1nc2ccc(OC)cc2n2cccc12. The minimum atomic E-state index is 0.851. The molecule has 3 heteroatoms. The number of ether oxygens (including phenoxy) is 1. The van der Waals surface area contributed by atoms with Gasteiger partial charge in [0.1, 0.15) is 5.75 Å². The summed E-state index contributed by atoms with van der Waals surface area (Å²) in [5.41, 5.74) is 4.18. The molecule has 3 rings (SSSR count). The number of nitrogens with zero attached hydrogens (tertiary/aromatic N) is 2. The Labute approximate surface area is 118 Å². The van der Waals surface area contributed by atoms with E-state index in [4.69, 9.17) is 9.72 Å². The van der Waals surface area contributed by atoms with E-state index < -0.39 is 0 Å². The van der Waals surface area contributed by atoms with Crippen LogP contribution in [0.5, 0.6) is 5.75 Å². The summed E-state index contributed by atoms with van der Waals surface area (Å²) < 4.78 is 7.47. The van der Waals surface area contributed by atoms with Crippen molar-refractivity contribution in [1.82, 2.24) is 9.38 Å². The summed E-state index contributed by atoms with van der Waals surface area (Å²) in [6, 6.07) is 10.1. The average Bonchev–Trinajstić information content (AvgIpc) is 2.97. The van der Waals surface area contributed by atoms with Gasteiger partial charge in [0.15, 0.2) is 0 Å². The normalized spacial score (nSPS) is 11.7. The van der Waals surface area contributed by atoms with Crippen LogP contribution in [0.15, 0.2) is 42.6 Å². The molecule has 2 heterocycles. The zero-order valence-electron chi connectivity index (χ0n) is 11.8. The number of allylic oxidation sites excluding steroid dienone is 1. The number of fused-ring (bicyclic) bond motifs is 3. The minimum Gasteiger partial charge on any atom is -0.497 e. The van der Waals surface area contributed by atoms with Crippen molar-refractivity contribution < 1.29 is 4.74 Å². The van der Waals surface area contributed by atoms with Crippen LogP contribution in [-0.2, 0) is 0 Å². The summed E-state index contributed by atoms with van der Waals surface area (Å²) in [7, 11) is 1.68. The molecule has 1 aromatic carbocycles. The van der Waals surface area contributed by atoms with Crippen LogP contribution in [0.1, 0.15) is 25.5 Å². The molecule has 0 aliphatic rings. The third kappa shape index (κ3) is 2.16. The highest BCUT2D eigenvalue weighted by molar-refractivity contribution is 5.83. The predicted molar refractivity (Wildman–Crippen MR) is 83.2 cm³/mol. The average molecular weight is 266 g/mol. The van der Waals surface area contributed by atoms with Crippen LogP contribution in [0.25, 0.3) is 22.6 Å². The quantitative estimate of drug-likeness (QED) is 0.703. The van der Waals surface area contributed by atoms with E-state index in [1.807, 2.05) is 24.3 Å². The Morgan fingerprint density at radius 3 is 2.95 bits per heavy atom. The van der Waals surface area contributed by atoms with Crippen LogP contribution in [0.4, 0.5) is 0 Å². The lowest BCUT2D eigenvalue weighted by Gasteiger charge is -2.07. The zero-order chi connectivity index (χ0) is 13.9. The molecule has 0 aliphatic carbocycles. The molecule has 0 saturated carbocycles. The lowest BCUT2D eigenvalue weighted by molar-refractivity contribution is 0.415. The first-order valence-corrected chi connectivity index (χ1v) is 6.95. The fourth-order valence-electron chi connectivity index (χ4n) is 2.39. The van der Waals surface area contributed by atoms with Gasteiger partial charge in [0.05, 0.1) is 29.4 Å². The molecular formula is C17H18N2O. The Bertz CT molecular complexity index is 771. The number of hydrogen-bond donors (Lipinski definition) is 0. The van der Waals surface area contributed by atoms with E-state index >= 15 is 0 Å². The minimum absolute atomic E-state index is 0.851. The number of unbranched alkanes of at least 4 members (excludes halogenated alkanes) is 1. The largest absolute Gasteiger partial charge is 0.497 e. The molecule has 0 radical (unpaired) electrons. The molecule has 0 spiro atoms. The number of rotatable bonds is 4. The highest BCUT2D eigenvalue weighted by Gasteiger charge is 2.06. The monoisotopic (exact) mass is 266 g/mol. The Morgan fingerprint density at radius 1 is 1.25 bits per heavy atom. The van der Waals surface area contributed by atoms with Crippen molar-refractivity contribution in [2.24, 2.45) is 0 Å². The van der Waals surface area contributed by atoms with E-state index in [2.05, 4.69) is 35.7 Å². The van der Waals surface area contributed by atoms with E-state index in [0.717, 1.165) is 40.8 Å². The zero-order valence-corrected chi connectivity index (χ0v) is 11.8. The fourth-order valence-corrected chi connectivity index (χ4v) is 2.39. The van der Waals surface area contributed by atoms with Crippen molar-refractivity contribution in [2.45, 2.75) is 19.8 Å². The van der Waals surface area contributed by atoms with Gasteiger partial charge in [0, 0.05) is 12.3 Å². The van der Waals surface area contributed by atoms with E-state index in [-0.39, 0.29) is 0 Å². The topological polar surface area (TPSA) is 26.5 Å². The first-order valence-electron chi connectivity index (χ1n) is 6.95. The maximum absolute atomic E-state index is 5.30. The van der Waals surface area contributed by atoms with Gasteiger partial charge in [-0.2, -0.15) is 0 Å². The molecular weight excluding hydrogens is 248 g/mol. The standard InChI is InChI=1S/C17H18N2O/c1-3-4-5-7-14-16-8-6-11-19(16)17-12-13(20-2)9-10-15(17)18-14/h5-12H,3-4H2,1-2H3/b7-5+. The van der Waals surface area contributed by atoms with Gasteiger partial charge in [-0.3, -0.25) is 0 Å². The van der Waals surface area contributed by atoms with Gasteiger partial charge in [0.25, 0.3) is 0 Å². The summed E-state index contributed by atoms with van der Waals surface area (Å²) in [5.74, 6) is 0.851. The highest BCUT2D eigenvalue weighted by Crippen LogP contribution is 2.23. The van der Waals surface area contributed by atoms with Gasteiger partial charge < -0.3 is 9.14 Å². The van der Waals surface area contributed by atoms with Crippen molar-refractivity contribution >= 4 is 22.6 Å². The molecule has 0 unspecified atom stereocenters. The van der Waals surface area contributed by atoms with E-state index in [0.29, 0.717) is 0 Å². The molecule has 3 nitrogen and oxygen atoms in total. The first-order chi connectivity index (χ1) is 9.83. The van der Waals surface area contributed by atoms with Crippen LogP contribution < -0.4 is 4.74 Å². The Hall–Kier alpha value is -2.29. The van der Waals surface area contributed by atoms with Crippen molar-refractivity contribution in [3.05, 3.63) is 48.3 Å². The molecule has 0 aliphatic heterocycles. The van der Waals surface area contributed by atoms with Crippen LogP contribution in [0.2, 0.25) is 0 Å². The third-order valence-corrected chi connectivity index (χ3v) is 3.43. The van der Waals surface area contributed by atoms with Crippen molar-refractivity contribution in [3.8, 4) is 5.75 Å². The molecule has 3 aromatic rings. The van der Waals surface area contributed by atoms with Gasteiger partial charge in [-0.1, -0.05) is 19.4 Å². The lowest BCUT2D eigenvalue weighted by Crippen LogP contribution is -1.94. The van der Waals surface area contributed by atoms with Gasteiger partial charge >= 0.3 is 0 Å². The Morgan fingerprint density at radius 2 is 2.15 bits per heavy atom. The number of methoxy groups -OCH3 is 1. The lowest BCUT2D eigenvalue weighted by atomic mass is 10.2. The van der Waals surface area contributed by atoms with Crippen molar-refractivity contribution in [2.75, 3.05) is 7.11 Å². The van der Waals surface area contributed by atoms with Crippen molar-refractivity contribution in [3.63, 3.8) is 0 Å². The van der Waals surface area contributed by atoms with Crippen LogP contribution in [0.3, 0.4) is 0 Å². The van der Waals surface area contributed by atoms with E-state index in [1.54, 1.807) is 7.11 Å². The first kappa shape index (κ1) is 12.7. The molecule has 0 fully saturated rings. The number of aromatic nitrogens is 2. The fraction of sp³-hybridized carbons (Fsp3) is 0.235. The summed E-state index contributed by atoms with van der Waals surface area (Å²) in [5, 5.41) is 0. The second-order valence-corrected chi connectivity index (χ2v) is 4.81. The second-order valence-electron chi connectivity index (χ2n) is 4.81. The summed E-state index contributed by atoms with van der Waals surface area (Å²) in [4.78, 5) is 4.76. The van der Waals surface area contributed by atoms with E-state index in [1.165, 1.54) is 0 Å². The Kier molecular flexibility index (Phi) is 3.42. The van der Waals surface area contributed by atoms with Crippen molar-refractivity contribution in [1.29, 1.82) is 0 Å². The molecule has 0 amide bonds. The maximum Gasteiger partial charge on any atom is 0.121 e. The molecule has 0 atom stereocenters. The summed E-state index contributed by atoms with van der Waals surface area (Å²) in [6.45, 7) is 2.18. The smallest absolute Gasteiger partial charge is 0.121 e. The maximum atomic E-state index is 5.30. The molecule has 0 saturated heterocycles. The van der Waals surface area contributed by atoms with Crippen LogP contribution >= 0.6 is 0 Å². The van der Waals surface area contributed by atoms with Gasteiger partial charge in [-0.25, -0.2) is 4.98 Å². The van der Waals surface area contributed by atoms with E-state index in [9.17, 15) is 0 Å². The second kappa shape index (κ2) is 5.37. The highest BCUT2D eigenvalue weighted by atomic mass is 16.5. The number of hydrogen-bond acceptors (Lipinski definition) is 2. The third-order valence-electron chi connectivity index (χ3n) is 3.43. The predicted octanol–water partition coefficient (Wildman–Crippen LogP) is 4.31. The number of benzene rings is 1. The molecule has 20 heavy (non-hydrogen) atoms. The van der Waals surface area contributed by atoms with Gasteiger partial charge in [0.2, 0.25) is 0 Å². The molecule has 0 bridgehead atoms. The molecule has 2 aromatic heterocycles. The molecule has 102 valence electrons.